The maximum absolute atomic E-state index is 13.3. The minimum absolute atomic E-state index is 0.114. The van der Waals surface area contributed by atoms with Crippen molar-refractivity contribution in [1.29, 1.82) is 0 Å². The van der Waals surface area contributed by atoms with Gasteiger partial charge in [0.05, 0.1) is 38.6 Å². The van der Waals surface area contributed by atoms with Gasteiger partial charge in [-0.05, 0) is 43.7 Å². The van der Waals surface area contributed by atoms with E-state index in [0.717, 1.165) is 0 Å². The molecule has 2 N–H and O–H groups in total. The fourth-order valence-corrected chi connectivity index (χ4v) is 2.69. The van der Waals surface area contributed by atoms with E-state index in [2.05, 4.69) is 5.32 Å². The van der Waals surface area contributed by atoms with Crippen LogP contribution >= 0.6 is 0 Å². The number of carbonyl (C=O) groups excluding carboxylic acids is 1. The number of aliphatic hydroxyl groups is 1. The summed E-state index contributed by atoms with van der Waals surface area (Å²) in [4.78, 5) is 13.8. The highest BCUT2D eigenvalue weighted by molar-refractivity contribution is 5.89. The summed E-state index contributed by atoms with van der Waals surface area (Å²) in [5.74, 6) is 0.225. The number of hydrogen-bond donors (Lipinski definition) is 2. The van der Waals surface area contributed by atoms with Gasteiger partial charge >= 0.3 is 6.03 Å². The van der Waals surface area contributed by atoms with E-state index in [1.54, 1.807) is 43.4 Å². The maximum Gasteiger partial charge on any atom is 0.321 e. The van der Waals surface area contributed by atoms with Gasteiger partial charge in [0, 0.05) is 18.8 Å². The summed E-state index contributed by atoms with van der Waals surface area (Å²) in [5.41, 5.74) is 1.26. The Morgan fingerprint density at radius 2 is 1.94 bits per heavy atom. The number of amides is 2. The highest BCUT2D eigenvalue weighted by atomic mass is 19.1. The van der Waals surface area contributed by atoms with Gasteiger partial charge in [0.25, 0.3) is 0 Å². The minimum Gasteiger partial charge on any atom is -0.489 e. The second kappa shape index (κ2) is 12.9. The molecular formula is C23H31FN2O5. The van der Waals surface area contributed by atoms with Crippen LogP contribution in [0, 0.1) is 5.82 Å². The second-order valence-corrected chi connectivity index (χ2v) is 7.41. The zero-order chi connectivity index (χ0) is 22.6. The molecule has 0 aliphatic carbocycles. The fourth-order valence-electron chi connectivity index (χ4n) is 2.69. The van der Waals surface area contributed by atoms with E-state index in [1.807, 2.05) is 13.8 Å². The number of nitrogens with one attached hydrogen (secondary N) is 1. The van der Waals surface area contributed by atoms with Crippen molar-refractivity contribution in [1.82, 2.24) is 4.90 Å². The number of ether oxygens (including phenoxy) is 3. The number of anilines is 1. The van der Waals surface area contributed by atoms with Gasteiger partial charge in [-0.25, -0.2) is 9.18 Å². The van der Waals surface area contributed by atoms with Crippen LogP contribution in [0.1, 0.15) is 19.4 Å². The molecule has 2 amide bonds. The zero-order valence-electron chi connectivity index (χ0n) is 18.2. The number of urea groups is 1. The molecule has 0 bridgehead atoms. The average Bonchev–Trinajstić information content (AvgIpc) is 2.72. The standard InChI is InChI=1S/C23H31FN2O5/c1-17(2)30-11-10-29-16-21(27)14-26(3)23(28)25-20-8-5-9-22(13-20)31-15-18-6-4-7-19(24)12-18/h4-9,12-13,17,21,27H,10-11,14-16H2,1-3H3,(H,25,28). The molecule has 0 aliphatic heterocycles. The lowest BCUT2D eigenvalue weighted by atomic mass is 10.2. The molecule has 2 aromatic rings. The maximum atomic E-state index is 13.3. The molecule has 2 rings (SSSR count). The first-order valence-corrected chi connectivity index (χ1v) is 10.2. The minimum atomic E-state index is -0.810. The lowest BCUT2D eigenvalue weighted by Gasteiger charge is -2.21. The molecule has 0 aliphatic rings. The van der Waals surface area contributed by atoms with E-state index >= 15 is 0 Å². The molecule has 0 saturated carbocycles. The highest BCUT2D eigenvalue weighted by Gasteiger charge is 2.14. The number of halogens is 1. The summed E-state index contributed by atoms with van der Waals surface area (Å²) < 4.78 is 29.7. The number of rotatable bonds is 12. The molecule has 1 atom stereocenters. The second-order valence-electron chi connectivity index (χ2n) is 7.41. The van der Waals surface area contributed by atoms with Crippen molar-refractivity contribution in [2.75, 3.05) is 38.7 Å². The zero-order valence-corrected chi connectivity index (χ0v) is 18.2. The summed E-state index contributed by atoms with van der Waals surface area (Å²) in [6, 6.07) is 12.7. The van der Waals surface area contributed by atoms with Gasteiger partial charge in [0.15, 0.2) is 0 Å². The lowest BCUT2D eigenvalue weighted by molar-refractivity contribution is -0.0144. The molecule has 2 aromatic carbocycles. The Kier molecular flexibility index (Phi) is 10.2. The van der Waals surface area contributed by atoms with Crippen molar-refractivity contribution < 1.29 is 28.5 Å². The van der Waals surface area contributed by atoms with Gasteiger partial charge in [-0.3, -0.25) is 0 Å². The molecule has 0 spiro atoms. The van der Waals surface area contributed by atoms with Gasteiger partial charge in [0.1, 0.15) is 18.2 Å². The molecule has 0 heterocycles. The highest BCUT2D eigenvalue weighted by Crippen LogP contribution is 2.19. The number of hydrogen-bond acceptors (Lipinski definition) is 5. The third-order valence-corrected chi connectivity index (χ3v) is 4.20. The predicted molar refractivity (Wildman–Crippen MR) is 117 cm³/mol. The first-order chi connectivity index (χ1) is 14.8. The van der Waals surface area contributed by atoms with Crippen LogP contribution in [0.2, 0.25) is 0 Å². The van der Waals surface area contributed by atoms with Gasteiger partial charge in [-0.2, -0.15) is 0 Å². The Balaban J connectivity index is 1.75. The van der Waals surface area contributed by atoms with E-state index < -0.39 is 6.10 Å². The summed E-state index contributed by atoms with van der Waals surface area (Å²) in [6.07, 6.45) is -0.677. The summed E-state index contributed by atoms with van der Waals surface area (Å²) >= 11 is 0. The summed E-state index contributed by atoms with van der Waals surface area (Å²) in [6.45, 7) is 5.16. The van der Waals surface area contributed by atoms with Crippen molar-refractivity contribution in [3.63, 3.8) is 0 Å². The predicted octanol–water partition coefficient (Wildman–Crippen LogP) is 3.67. The van der Waals surface area contributed by atoms with Crippen LogP contribution in [0.3, 0.4) is 0 Å². The van der Waals surface area contributed by atoms with Crippen molar-refractivity contribution >= 4 is 11.7 Å². The molecule has 170 valence electrons. The third-order valence-electron chi connectivity index (χ3n) is 4.20. The SMILES string of the molecule is CC(C)OCCOCC(O)CN(C)C(=O)Nc1cccc(OCc2cccc(F)c2)c1. The van der Waals surface area contributed by atoms with Crippen molar-refractivity contribution in [3.8, 4) is 5.75 Å². The van der Waals surface area contributed by atoms with E-state index in [0.29, 0.717) is 30.2 Å². The number of benzene rings is 2. The number of likely N-dealkylation sites (N-methyl/N-ethyl adjacent to an activating group) is 1. The molecule has 1 unspecified atom stereocenters. The first-order valence-electron chi connectivity index (χ1n) is 10.2. The average molecular weight is 435 g/mol. The van der Waals surface area contributed by atoms with Crippen LogP contribution in [-0.2, 0) is 16.1 Å². The van der Waals surface area contributed by atoms with Crippen molar-refractivity contribution in [2.24, 2.45) is 0 Å². The summed E-state index contributed by atoms with van der Waals surface area (Å²) in [5, 5.41) is 12.8. The van der Waals surface area contributed by atoms with Crippen LogP contribution in [0.15, 0.2) is 48.5 Å². The Labute approximate surface area is 182 Å². The first kappa shape index (κ1) is 24.6. The number of aliphatic hydroxyl groups excluding tert-OH is 1. The van der Waals surface area contributed by atoms with Gasteiger partial charge in [-0.1, -0.05) is 18.2 Å². The molecule has 7 nitrogen and oxygen atoms in total. The molecule has 0 fully saturated rings. The summed E-state index contributed by atoms with van der Waals surface area (Å²) in [7, 11) is 1.59. The van der Waals surface area contributed by atoms with E-state index in [-0.39, 0.29) is 37.7 Å². The van der Waals surface area contributed by atoms with Crippen LogP contribution < -0.4 is 10.1 Å². The lowest BCUT2D eigenvalue weighted by Crippen LogP contribution is -2.39. The Bertz CT molecular complexity index is 818. The van der Waals surface area contributed by atoms with Gasteiger partial charge in [0.2, 0.25) is 0 Å². The molecule has 0 saturated heterocycles. The quantitative estimate of drug-likeness (QED) is 0.498. The molecule has 8 heteroatoms. The van der Waals surface area contributed by atoms with Crippen LogP contribution in [-0.4, -0.2) is 61.7 Å². The van der Waals surface area contributed by atoms with E-state index in [1.165, 1.54) is 17.0 Å². The van der Waals surface area contributed by atoms with Gasteiger partial charge < -0.3 is 29.5 Å². The number of carbonyl (C=O) groups is 1. The topological polar surface area (TPSA) is 80.3 Å². The Morgan fingerprint density at radius 1 is 1.16 bits per heavy atom. The van der Waals surface area contributed by atoms with Gasteiger partial charge in [-0.15, -0.1) is 0 Å². The monoisotopic (exact) mass is 434 g/mol. The molecule has 31 heavy (non-hydrogen) atoms. The Morgan fingerprint density at radius 3 is 2.68 bits per heavy atom. The normalized spacial score (nSPS) is 11.9. The van der Waals surface area contributed by atoms with Crippen LogP contribution in [0.4, 0.5) is 14.9 Å². The Hall–Kier alpha value is -2.68. The van der Waals surface area contributed by atoms with E-state index in [4.69, 9.17) is 14.2 Å². The number of nitrogens with zero attached hydrogens (tertiary/aromatic N) is 1. The van der Waals surface area contributed by atoms with Crippen LogP contribution in [0.5, 0.6) is 5.75 Å². The van der Waals surface area contributed by atoms with Crippen molar-refractivity contribution in [2.45, 2.75) is 32.7 Å². The smallest absolute Gasteiger partial charge is 0.321 e. The van der Waals surface area contributed by atoms with E-state index in [9.17, 15) is 14.3 Å². The largest absolute Gasteiger partial charge is 0.489 e. The third kappa shape index (κ3) is 9.78. The molecular weight excluding hydrogens is 403 g/mol. The van der Waals surface area contributed by atoms with Crippen LogP contribution in [0.25, 0.3) is 0 Å². The van der Waals surface area contributed by atoms with Crippen molar-refractivity contribution in [3.05, 3.63) is 59.9 Å². The molecule has 0 aromatic heterocycles. The molecule has 0 radical (unpaired) electrons. The fraction of sp³-hybridized carbons (Fsp3) is 0.435.